The first-order valence-electron chi connectivity index (χ1n) is 11.8. The highest BCUT2D eigenvalue weighted by atomic mass is 19.1. The fourth-order valence-electron chi connectivity index (χ4n) is 4.36. The summed E-state index contributed by atoms with van der Waals surface area (Å²) in [7, 11) is 3.98. The van der Waals surface area contributed by atoms with Crippen LogP contribution >= 0.6 is 0 Å². The standard InChI is InChI=1S/C29H28FN3O4/c1-18(34)33-25-16-22(30)11-14-24(25)27(29(33)37)28(21-9-4-19(5-10-21)8-15-26(35)36)31-23-12-6-20(7-13-23)17-32(2)3/h4-7,9-14,16,31H,8,15,17H2,1-3H3,(H,35,36). The molecule has 37 heavy (non-hydrogen) atoms. The third-order valence-electron chi connectivity index (χ3n) is 6.04. The van der Waals surface area contributed by atoms with Gasteiger partial charge in [0, 0.05) is 31.1 Å². The fraction of sp³-hybridized carbons (Fsp3) is 0.207. The summed E-state index contributed by atoms with van der Waals surface area (Å²) in [6.07, 6.45) is 0.386. The van der Waals surface area contributed by atoms with Gasteiger partial charge < -0.3 is 15.3 Å². The van der Waals surface area contributed by atoms with Crippen molar-refractivity contribution in [2.45, 2.75) is 26.3 Å². The maximum absolute atomic E-state index is 14.1. The van der Waals surface area contributed by atoms with Crippen LogP contribution in [0.25, 0.3) is 11.3 Å². The van der Waals surface area contributed by atoms with Crippen molar-refractivity contribution in [2.24, 2.45) is 0 Å². The summed E-state index contributed by atoms with van der Waals surface area (Å²) in [5, 5.41) is 12.3. The predicted molar refractivity (Wildman–Crippen MR) is 141 cm³/mol. The van der Waals surface area contributed by atoms with Gasteiger partial charge in [0.1, 0.15) is 5.82 Å². The molecule has 0 saturated carbocycles. The van der Waals surface area contributed by atoms with E-state index in [0.29, 0.717) is 23.2 Å². The van der Waals surface area contributed by atoms with Crippen molar-refractivity contribution in [3.05, 3.63) is 94.8 Å². The van der Waals surface area contributed by atoms with Crippen LogP contribution in [0.3, 0.4) is 0 Å². The number of hydrogen-bond acceptors (Lipinski definition) is 5. The van der Waals surface area contributed by atoms with Crippen LogP contribution in [0.5, 0.6) is 0 Å². The number of amides is 2. The molecule has 0 radical (unpaired) electrons. The zero-order valence-corrected chi connectivity index (χ0v) is 20.9. The third-order valence-corrected chi connectivity index (χ3v) is 6.04. The van der Waals surface area contributed by atoms with Gasteiger partial charge >= 0.3 is 5.97 Å². The van der Waals surface area contributed by atoms with Crippen LogP contribution in [-0.4, -0.2) is 41.9 Å². The molecule has 0 spiro atoms. The summed E-state index contributed by atoms with van der Waals surface area (Å²) in [6.45, 7) is 2.04. The van der Waals surface area contributed by atoms with Crippen LogP contribution in [0.4, 0.5) is 15.8 Å². The molecule has 0 fully saturated rings. The van der Waals surface area contributed by atoms with E-state index < -0.39 is 23.6 Å². The molecule has 1 aliphatic rings. The number of rotatable bonds is 8. The zero-order valence-electron chi connectivity index (χ0n) is 20.9. The Balaban J connectivity index is 1.82. The quantitative estimate of drug-likeness (QED) is 0.432. The molecule has 0 bridgehead atoms. The van der Waals surface area contributed by atoms with Gasteiger partial charge in [-0.05, 0) is 67.5 Å². The Bertz CT molecular complexity index is 1380. The summed E-state index contributed by atoms with van der Waals surface area (Å²) < 4.78 is 14.1. The number of carboxylic acids is 1. The van der Waals surface area contributed by atoms with E-state index in [1.165, 1.54) is 25.1 Å². The van der Waals surface area contributed by atoms with Crippen molar-refractivity contribution in [1.82, 2.24) is 4.90 Å². The fourth-order valence-corrected chi connectivity index (χ4v) is 4.36. The first-order chi connectivity index (χ1) is 17.6. The van der Waals surface area contributed by atoms with Gasteiger partial charge in [0.25, 0.3) is 5.91 Å². The van der Waals surface area contributed by atoms with Crippen LogP contribution in [-0.2, 0) is 27.3 Å². The summed E-state index contributed by atoms with van der Waals surface area (Å²) in [6, 6.07) is 19.0. The molecule has 4 rings (SSSR count). The van der Waals surface area contributed by atoms with Crippen LogP contribution in [0.1, 0.15) is 35.6 Å². The highest BCUT2D eigenvalue weighted by Gasteiger charge is 2.38. The second-order valence-corrected chi connectivity index (χ2v) is 9.22. The van der Waals surface area contributed by atoms with E-state index in [-0.39, 0.29) is 17.7 Å². The molecule has 190 valence electrons. The van der Waals surface area contributed by atoms with Crippen molar-refractivity contribution in [1.29, 1.82) is 0 Å². The van der Waals surface area contributed by atoms with Crippen LogP contribution < -0.4 is 10.2 Å². The third kappa shape index (κ3) is 5.76. The van der Waals surface area contributed by atoms with Crippen LogP contribution in [0.2, 0.25) is 0 Å². The number of carboxylic acid groups (broad SMARTS) is 1. The SMILES string of the molecule is CC(=O)N1C(=O)C(=C(Nc2ccc(CN(C)C)cc2)c2ccc(CCC(=O)O)cc2)c2ccc(F)cc21. The highest BCUT2D eigenvalue weighted by molar-refractivity contribution is 6.43. The average molecular weight is 502 g/mol. The molecule has 0 atom stereocenters. The Morgan fingerprint density at radius 3 is 2.22 bits per heavy atom. The number of aryl methyl sites for hydroxylation is 1. The molecule has 1 heterocycles. The minimum atomic E-state index is -0.879. The van der Waals surface area contributed by atoms with Crippen LogP contribution in [0.15, 0.2) is 66.7 Å². The Morgan fingerprint density at radius 1 is 0.973 bits per heavy atom. The van der Waals surface area contributed by atoms with Crippen molar-refractivity contribution >= 4 is 40.4 Å². The Morgan fingerprint density at radius 2 is 1.62 bits per heavy atom. The molecule has 2 amide bonds. The molecule has 2 N–H and O–H groups in total. The van der Waals surface area contributed by atoms with E-state index in [0.717, 1.165) is 28.3 Å². The Labute approximate surface area is 214 Å². The van der Waals surface area contributed by atoms with E-state index in [1.54, 1.807) is 12.1 Å². The second-order valence-electron chi connectivity index (χ2n) is 9.22. The molecule has 3 aromatic carbocycles. The van der Waals surface area contributed by atoms with E-state index in [1.807, 2.05) is 50.5 Å². The number of fused-ring (bicyclic) bond motifs is 1. The predicted octanol–water partition coefficient (Wildman–Crippen LogP) is 4.78. The number of nitrogens with zero attached hydrogens (tertiary/aromatic N) is 2. The van der Waals surface area contributed by atoms with Gasteiger partial charge in [-0.2, -0.15) is 0 Å². The topological polar surface area (TPSA) is 90.0 Å². The maximum atomic E-state index is 14.1. The average Bonchev–Trinajstić information content (AvgIpc) is 3.13. The smallest absolute Gasteiger partial charge is 0.303 e. The lowest BCUT2D eigenvalue weighted by Gasteiger charge is -2.17. The van der Waals surface area contributed by atoms with Gasteiger partial charge in [0.15, 0.2) is 0 Å². The highest BCUT2D eigenvalue weighted by Crippen LogP contribution is 2.41. The number of aliphatic carboxylic acids is 1. The zero-order chi connectivity index (χ0) is 26.7. The normalized spacial score (nSPS) is 14.1. The van der Waals surface area contributed by atoms with E-state index in [4.69, 9.17) is 5.11 Å². The number of carbonyl (C=O) groups is 3. The Hall–Kier alpha value is -4.30. The minimum absolute atomic E-state index is 0.00976. The van der Waals surface area contributed by atoms with Crippen molar-refractivity contribution in [2.75, 3.05) is 24.3 Å². The molecular formula is C29H28FN3O4. The molecule has 3 aromatic rings. The first kappa shape index (κ1) is 25.8. The summed E-state index contributed by atoms with van der Waals surface area (Å²) in [4.78, 5) is 39.9. The van der Waals surface area contributed by atoms with Gasteiger partial charge in [0.2, 0.25) is 5.91 Å². The maximum Gasteiger partial charge on any atom is 0.303 e. The van der Waals surface area contributed by atoms with Crippen molar-refractivity contribution < 1.29 is 23.9 Å². The number of imide groups is 1. The summed E-state index contributed by atoms with van der Waals surface area (Å²) in [5.74, 6) is -2.48. The number of anilines is 2. The lowest BCUT2D eigenvalue weighted by Crippen LogP contribution is -2.31. The monoisotopic (exact) mass is 501 g/mol. The molecule has 1 aliphatic heterocycles. The molecule has 8 heteroatoms. The second kappa shape index (κ2) is 10.8. The number of halogens is 1. The molecular weight excluding hydrogens is 473 g/mol. The van der Waals surface area contributed by atoms with E-state index >= 15 is 0 Å². The van der Waals surface area contributed by atoms with Gasteiger partial charge in [-0.25, -0.2) is 9.29 Å². The molecule has 7 nitrogen and oxygen atoms in total. The lowest BCUT2D eigenvalue weighted by molar-refractivity contribution is -0.137. The molecule has 0 saturated heterocycles. The van der Waals surface area contributed by atoms with Gasteiger partial charge in [0.05, 0.1) is 17.0 Å². The van der Waals surface area contributed by atoms with Crippen molar-refractivity contribution in [3.63, 3.8) is 0 Å². The number of nitrogens with one attached hydrogen (secondary N) is 1. The van der Waals surface area contributed by atoms with E-state index in [9.17, 15) is 18.8 Å². The minimum Gasteiger partial charge on any atom is -0.481 e. The first-order valence-corrected chi connectivity index (χ1v) is 11.8. The summed E-state index contributed by atoms with van der Waals surface area (Å²) in [5.41, 5.74) is 4.72. The Kier molecular flexibility index (Phi) is 7.50. The van der Waals surface area contributed by atoms with Crippen molar-refractivity contribution in [3.8, 4) is 0 Å². The van der Waals surface area contributed by atoms with E-state index in [2.05, 4.69) is 10.2 Å². The number of carbonyl (C=O) groups excluding carboxylic acids is 2. The molecule has 0 unspecified atom stereocenters. The van der Waals surface area contributed by atoms with Crippen LogP contribution in [0, 0.1) is 5.82 Å². The number of benzene rings is 3. The van der Waals surface area contributed by atoms with Gasteiger partial charge in [-0.1, -0.05) is 36.4 Å². The lowest BCUT2D eigenvalue weighted by atomic mass is 9.98. The molecule has 0 aromatic heterocycles. The largest absolute Gasteiger partial charge is 0.481 e. The number of hydrogen-bond donors (Lipinski definition) is 2. The summed E-state index contributed by atoms with van der Waals surface area (Å²) >= 11 is 0. The van der Waals surface area contributed by atoms with Gasteiger partial charge in [-0.15, -0.1) is 0 Å². The molecule has 0 aliphatic carbocycles. The van der Waals surface area contributed by atoms with Gasteiger partial charge in [-0.3, -0.25) is 14.4 Å².